The van der Waals surface area contributed by atoms with Crippen LogP contribution < -0.4 is 10.0 Å². The summed E-state index contributed by atoms with van der Waals surface area (Å²) in [5.74, 6) is 0.205. The fraction of sp³-hybridized carbons (Fsp3) is 0.524. The van der Waals surface area contributed by atoms with E-state index in [0.29, 0.717) is 5.82 Å². The Morgan fingerprint density at radius 3 is 2.31 bits per heavy atom. The molecule has 0 aliphatic heterocycles. The second kappa shape index (κ2) is 7.25. The summed E-state index contributed by atoms with van der Waals surface area (Å²) in [5, 5.41) is 7.60. The van der Waals surface area contributed by atoms with Crippen molar-refractivity contribution in [3.05, 3.63) is 41.6 Å². The highest BCUT2D eigenvalue weighted by Crippen LogP contribution is 2.28. The van der Waals surface area contributed by atoms with Crippen LogP contribution in [0.25, 0.3) is 0 Å². The van der Waals surface area contributed by atoms with Crippen molar-refractivity contribution in [3.8, 4) is 0 Å². The van der Waals surface area contributed by atoms with Gasteiger partial charge < -0.3 is 5.32 Å². The molecule has 0 bridgehead atoms. The first-order valence-electron chi connectivity index (χ1n) is 9.82. The Morgan fingerprint density at radius 2 is 1.76 bits per heavy atom. The van der Waals surface area contributed by atoms with E-state index in [1.54, 1.807) is 16.8 Å². The van der Waals surface area contributed by atoms with E-state index in [2.05, 4.69) is 30.8 Å². The molecule has 8 heteroatoms. The third kappa shape index (κ3) is 5.05. The van der Waals surface area contributed by atoms with Crippen molar-refractivity contribution in [2.45, 2.75) is 76.3 Å². The van der Waals surface area contributed by atoms with Crippen LogP contribution in [0.4, 0.5) is 5.82 Å². The standard InChI is InChI=1S/C21H30N4O3S/c1-20(2,3)17-13-18(25(23-17)21(4,5)6)22-19(26)14-8-7-9-16(12-14)29(27,28)24-15-10-11-15/h7-9,12-13,15,24H,10-11H2,1-6H3,(H,22,26). The van der Waals surface area contributed by atoms with E-state index < -0.39 is 10.0 Å². The van der Waals surface area contributed by atoms with Crippen LogP contribution in [0.3, 0.4) is 0 Å². The Labute approximate surface area is 172 Å². The number of anilines is 1. The summed E-state index contributed by atoms with van der Waals surface area (Å²) in [5.41, 5.74) is 0.652. The number of aromatic nitrogens is 2. The van der Waals surface area contributed by atoms with Gasteiger partial charge in [0.25, 0.3) is 5.91 Å². The maximum absolute atomic E-state index is 12.9. The van der Waals surface area contributed by atoms with E-state index in [1.165, 1.54) is 12.1 Å². The van der Waals surface area contributed by atoms with Gasteiger partial charge in [0.15, 0.2) is 0 Å². The van der Waals surface area contributed by atoms with E-state index in [1.807, 2.05) is 26.8 Å². The van der Waals surface area contributed by atoms with Crippen molar-refractivity contribution < 1.29 is 13.2 Å². The number of amides is 1. The first-order valence-corrected chi connectivity index (χ1v) is 11.3. The molecule has 1 saturated carbocycles. The van der Waals surface area contributed by atoms with Crippen LogP contribution in [0.5, 0.6) is 0 Å². The molecule has 1 amide bonds. The summed E-state index contributed by atoms with van der Waals surface area (Å²) < 4.78 is 29.3. The van der Waals surface area contributed by atoms with Gasteiger partial charge in [-0.25, -0.2) is 17.8 Å². The molecule has 3 rings (SSSR count). The second-order valence-corrected chi connectivity index (χ2v) is 11.3. The monoisotopic (exact) mass is 418 g/mol. The number of carbonyl (C=O) groups is 1. The molecule has 2 aromatic rings. The minimum absolute atomic E-state index is 0.00874. The average Bonchev–Trinajstić information content (AvgIpc) is 3.27. The van der Waals surface area contributed by atoms with Crippen LogP contribution in [0.1, 0.15) is 70.4 Å². The summed E-state index contributed by atoms with van der Waals surface area (Å²) in [6, 6.07) is 7.97. The maximum atomic E-state index is 12.9. The number of hydrogen-bond acceptors (Lipinski definition) is 4. The Morgan fingerprint density at radius 1 is 1.10 bits per heavy atom. The lowest BCUT2D eigenvalue weighted by molar-refractivity contribution is 0.102. The van der Waals surface area contributed by atoms with Crippen LogP contribution in [0, 0.1) is 0 Å². The number of benzene rings is 1. The molecule has 29 heavy (non-hydrogen) atoms. The first-order chi connectivity index (χ1) is 13.3. The van der Waals surface area contributed by atoms with Crippen molar-refractivity contribution in [3.63, 3.8) is 0 Å². The zero-order chi connectivity index (χ0) is 21.6. The molecule has 158 valence electrons. The minimum atomic E-state index is -3.62. The minimum Gasteiger partial charge on any atom is -0.307 e. The lowest BCUT2D eigenvalue weighted by Gasteiger charge is -2.23. The van der Waals surface area contributed by atoms with Gasteiger partial charge in [-0.1, -0.05) is 26.8 Å². The summed E-state index contributed by atoms with van der Waals surface area (Å²) in [6.07, 6.45) is 1.71. The van der Waals surface area contributed by atoms with Gasteiger partial charge in [-0.15, -0.1) is 0 Å². The molecule has 1 aliphatic rings. The second-order valence-electron chi connectivity index (χ2n) is 9.62. The molecule has 0 radical (unpaired) electrons. The third-order valence-electron chi connectivity index (χ3n) is 4.66. The highest BCUT2D eigenvalue weighted by molar-refractivity contribution is 7.89. The topological polar surface area (TPSA) is 93.1 Å². The molecule has 0 spiro atoms. The molecule has 2 N–H and O–H groups in total. The normalized spacial score (nSPS) is 15.4. The SMILES string of the molecule is CC(C)(C)c1cc(NC(=O)c2cccc(S(=O)(=O)NC3CC3)c2)n(C(C)(C)C)n1. The van der Waals surface area contributed by atoms with Gasteiger partial charge in [0.05, 0.1) is 16.1 Å². The fourth-order valence-electron chi connectivity index (χ4n) is 2.83. The molecule has 1 aromatic heterocycles. The van der Waals surface area contributed by atoms with E-state index >= 15 is 0 Å². The van der Waals surface area contributed by atoms with Gasteiger partial charge >= 0.3 is 0 Å². The molecule has 1 fully saturated rings. The van der Waals surface area contributed by atoms with Crippen LogP contribution in [-0.2, 0) is 21.0 Å². The molecular formula is C21H30N4O3S. The Balaban J connectivity index is 1.89. The molecule has 7 nitrogen and oxygen atoms in total. The van der Waals surface area contributed by atoms with Gasteiger partial charge in [0.2, 0.25) is 10.0 Å². The molecule has 1 aliphatic carbocycles. The van der Waals surface area contributed by atoms with Crippen LogP contribution in [0.2, 0.25) is 0 Å². The quantitative estimate of drug-likeness (QED) is 0.775. The van der Waals surface area contributed by atoms with E-state index in [4.69, 9.17) is 5.10 Å². The average molecular weight is 419 g/mol. The Bertz CT molecular complexity index is 1020. The molecule has 0 saturated heterocycles. The number of sulfonamides is 1. The number of rotatable bonds is 5. The van der Waals surface area contributed by atoms with Crippen LogP contribution >= 0.6 is 0 Å². The Kier molecular flexibility index (Phi) is 5.38. The number of hydrogen-bond donors (Lipinski definition) is 2. The van der Waals surface area contributed by atoms with Gasteiger partial charge in [-0.2, -0.15) is 5.10 Å². The number of nitrogens with zero attached hydrogens (tertiary/aromatic N) is 2. The van der Waals surface area contributed by atoms with Crippen molar-refractivity contribution in [1.82, 2.24) is 14.5 Å². The Hall–Kier alpha value is -2.19. The van der Waals surface area contributed by atoms with Gasteiger partial charge in [-0.3, -0.25) is 4.79 Å². The smallest absolute Gasteiger partial charge is 0.256 e. The summed E-state index contributed by atoms with van der Waals surface area (Å²) in [7, 11) is -3.62. The predicted octanol–water partition coefficient (Wildman–Crippen LogP) is 3.63. The van der Waals surface area contributed by atoms with Crippen molar-refractivity contribution in [2.75, 3.05) is 5.32 Å². The molecule has 0 atom stereocenters. The first kappa shape index (κ1) is 21.5. The molecule has 0 unspecified atom stereocenters. The lowest BCUT2D eigenvalue weighted by Crippen LogP contribution is -2.28. The zero-order valence-corrected chi connectivity index (χ0v) is 18.7. The summed E-state index contributed by atoms with van der Waals surface area (Å²) >= 11 is 0. The van der Waals surface area contributed by atoms with Crippen molar-refractivity contribution >= 4 is 21.7 Å². The molecule has 1 aromatic carbocycles. The summed E-state index contributed by atoms with van der Waals surface area (Å²) in [4.78, 5) is 13.0. The van der Waals surface area contributed by atoms with Gasteiger partial charge in [0.1, 0.15) is 5.82 Å². The maximum Gasteiger partial charge on any atom is 0.256 e. The van der Waals surface area contributed by atoms with Crippen molar-refractivity contribution in [1.29, 1.82) is 0 Å². The predicted molar refractivity (Wildman–Crippen MR) is 114 cm³/mol. The largest absolute Gasteiger partial charge is 0.307 e. The third-order valence-corrected chi connectivity index (χ3v) is 6.18. The summed E-state index contributed by atoms with van der Waals surface area (Å²) in [6.45, 7) is 12.2. The van der Waals surface area contributed by atoms with Gasteiger partial charge in [-0.05, 0) is 51.8 Å². The lowest BCUT2D eigenvalue weighted by atomic mass is 9.92. The fourth-order valence-corrected chi connectivity index (χ4v) is 4.18. The highest BCUT2D eigenvalue weighted by atomic mass is 32.2. The number of carbonyl (C=O) groups excluding carboxylic acids is 1. The molecule has 1 heterocycles. The van der Waals surface area contributed by atoms with Gasteiger partial charge in [0, 0.05) is 23.1 Å². The highest BCUT2D eigenvalue weighted by Gasteiger charge is 2.29. The van der Waals surface area contributed by atoms with Crippen LogP contribution in [-0.4, -0.2) is 30.1 Å². The number of nitrogens with one attached hydrogen (secondary N) is 2. The zero-order valence-electron chi connectivity index (χ0n) is 17.9. The van der Waals surface area contributed by atoms with Crippen LogP contribution in [0.15, 0.2) is 35.2 Å². The van der Waals surface area contributed by atoms with E-state index in [-0.39, 0.29) is 33.4 Å². The van der Waals surface area contributed by atoms with Crippen molar-refractivity contribution in [2.24, 2.45) is 0 Å². The van der Waals surface area contributed by atoms with E-state index in [0.717, 1.165) is 18.5 Å². The molecular weight excluding hydrogens is 388 g/mol. The van der Waals surface area contributed by atoms with E-state index in [9.17, 15) is 13.2 Å².